The second-order valence-electron chi connectivity index (χ2n) is 13.4. The zero-order valence-electron chi connectivity index (χ0n) is 33.9. The lowest BCUT2D eigenvalue weighted by Crippen LogP contribution is -2.01. The molecule has 0 fully saturated rings. The molecule has 330 valence electrons. The van der Waals surface area contributed by atoms with Crippen molar-refractivity contribution in [3.05, 3.63) is 215 Å². The average molecular weight is 1090 g/mol. The first-order valence-corrected chi connectivity index (χ1v) is 27.0. The second kappa shape index (κ2) is 25.4. The number of para-hydroxylation sites is 2. The highest BCUT2D eigenvalue weighted by Crippen LogP contribution is 2.45. The van der Waals surface area contributed by atoms with E-state index in [0.29, 0.717) is 66.5 Å². The van der Waals surface area contributed by atoms with E-state index in [2.05, 4.69) is 31.9 Å². The largest absolute Gasteiger partial charge is 0.441 e. The third-order valence-corrected chi connectivity index (χ3v) is 14.9. The summed E-state index contributed by atoms with van der Waals surface area (Å²) in [6.07, 6.45) is 0. The molecule has 4 unspecified atom stereocenters. The minimum absolute atomic E-state index is 0.456. The molecule has 0 aromatic heterocycles. The van der Waals surface area contributed by atoms with Crippen molar-refractivity contribution in [3.8, 4) is 45.3 Å². The SMILES string of the molecule is O=S=O.O=[PH](Oc1ccccc1-c1ccc(Br)cc1O[PH](=O)c1ccccc1)c1ccccc1.O=[PH](Oc1ccccc1-c1ccc(Br)cc1O[PH](=O)c1ccccc1)c1ccccc1. The molecule has 4 atom stereocenters. The number of rotatable bonds is 14. The molecule has 8 aromatic carbocycles. The molecule has 0 heterocycles. The molecule has 0 aliphatic rings. The molecule has 8 rings (SSSR count). The zero-order valence-corrected chi connectivity index (χ0v) is 41.9. The van der Waals surface area contributed by atoms with Crippen molar-refractivity contribution in [2.24, 2.45) is 0 Å². The summed E-state index contributed by atoms with van der Waals surface area (Å²) in [5.41, 5.74) is 2.83. The van der Waals surface area contributed by atoms with Crippen LogP contribution < -0.4 is 39.3 Å². The van der Waals surface area contributed by atoms with Crippen LogP contribution in [0.3, 0.4) is 0 Å². The minimum atomic E-state index is -2.51. The highest BCUT2D eigenvalue weighted by molar-refractivity contribution is 9.10. The van der Waals surface area contributed by atoms with Crippen molar-refractivity contribution in [2.75, 3.05) is 0 Å². The fourth-order valence-electron chi connectivity index (χ4n) is 6.09. The van der Waals surface area contributed by atoms with E-state index in [-0.39, 0.29) is 0 Å². The third-order valence-electron chi connectivity index (χ3n) is 9.09. The van der Waals surface area contributed by atoms with Crippen molar-refractivity contribution in [1.29, 1.82) is 0 Å². The van der Waals surface area contributed by atoms with Crippen LogP contribution in [0.25, 0.3) is 22.3 Å². The molecule has 8 aromatic rings. The van der Waals surface area contributed by atoms with Crippen molar-refractivity contribution >= 4 is 96.8 Å². The van der Waals surface area contributed by atoms with Crippen LogP contribution in [-0.2, 0) is 29.8 Å². The summed E-state index contributed by atoms with van der Waals surface area (Å²) in [6.45, 7) is 0. The predicted molar refractivity (Wildman–Crippen MR) is 271 cm³/mol. The summed E-state index contributed by atoms with van der Waals surface area (Å²) < 4.78 is 92.9. The summed E-state index contributed by atoms with van der Waals surface area (Å²) in [6, 6.07) is 62.0. The van der Waals surface area contributed by atoms with Gasteiger partial charge in [-0.1, -0.05) is 141 Å². The minimum Gasteiger partial charge on any atom is -0.441 e. The van der Waals surface area contributed by atoms with E-state index in [1.807, 2.05) is 133 Å². The van der Waals surface area contributed by atoms with Crippen molar-refractivity contribution < 1.29 is 44.8 Å². The van der Waals surface area contributed by atoms with Crippen LogP contribution in [0.2, 0.25) is 0 Å². The van der Waals surface area contributed by atoms with Crippen molar-refractivity contribution in [3.63, 3.8) is 0 Å². The van der Waals surface area contributed by atoms with Gasteiger partial charge in [-0.2, -0.15) is 8.42 Å². The summed E-state index contributed by atoms with van der Waals surface area (Å²) in [7, 11) is -10.0. The van der Waals surface area contributed by atoms with Crippen LogP contribution in [0.5, 0.6) is 23.0 Å². The van der Waals surface area contributed by atoms with Gasteiger partial charge in [0.05, 0.1) is 0 Å². The number of benzene rings is 8. The average Bonchev–Trinajstić information content (AvgIpc) is 3.34. The Kier molecular flexibility index (Phi) is 19.2. The van der Waals surface area contributed by atoms with E-state index in [1.165, 1.54) is 0 Å². The van der Waals surface area contributed by atoms with Gasteiger partial charge >= 0.3 is 11.6 Å². The molecule has 10 nitrogen and oxygen atoms in total. The fraction of sp³-hybridized carbons (Fsp3) is 0. The Balaban J connectivity index is 0.000000203. The van der Waals surface area contributed by atoms with E-state index in [1.54, 1.807) is 72.8 Å². The van der Waals surface area contributed by atoms with Gasteiger partial charge in [0.15, 0.2) is 0 Å². The Morgan fingerprint density at radius 3 is 0.831 bits per heavy atom. The van der Waals surface area contributed by atoms with Gasteiger partial charge in [0.25, 0.3) is 32.1 Å². The Labute approximate surface area is 399 Å². The lowest BCUT2D eigenvalue weighted by Gasteiger charge is -2.16. The van der Waals surface area contributed by atoms with Gasteiger partial charge in [0, 0.05) is 52.4 Å². The highest BCUT2D eigenvalue weighted by atomic mass is 79.9. The topological polar surface area (TPSA) is 139 Å². The molecule has 17 heteroatoms. The molecular formula is C48H38Br2O10P4S. The van der Waals surface area contributed by atoms with E-state index >= 15 is 0 Å². The molecule has 0 aliphatic carbocycles. The number of hydrogen-bond acceptors (Lipinski definition) is 10. The maximum atomic E-state index is 12.8. The summed E-state index contributed by atoms with van der Waals surface area (Å²) in [5.74, 6) is 1.86. The van der Waals surface area contributed by atoms with Gasteiger partial charge in [-0.05, 0) is 97.1 Å². The second-order valence-corrected chi connectivity index (χ2v) is 20.8. The van der Waals surface area contributed by atoms with Gasteiger partial charge in [-0.15, -0.1) is 0 Å². The fourth-order valence-corrected chi connectivity index (χ4v) is 10.6. The van der Waals surface area contributed by atoms with Gasteiger partial charge in [-0.3, -0.25) is 18.3 Å². The molecule has 0 radical (unpaired) electrons. The molecule has 0 saturated heterocycles. The van der Waals surface area contributed by atoms with E-state index in [0.717, 1.165) is 8.95 Å². The van der Waals surface area contributed by atoms with E-state index in [4.69, 9.17) is 26.5 Å². The Morgan fingerprint density at radius 1 is 0.308 bits per heavy atom. The molecule has 0 aliphatic heterocycles. The van der Waals surface area contributed by atoms with Gasteiger partial charge < -0.3 is 18.1 Å². The predicted octanol–water partition coefficient (Wildman–Crippen LogP) is 12.3. The lowest BCUT2D eigenvalue weighted by atomic mass is 10.0. The lowest BCUT2D eigenvalue weighted by molar-refractivity contribution is 0.511. The summed E-state index contributed by atoms with van der Waals surface area (Å²) in [5, 5.41) is 2.56. The van der Waals surface area contributed by atoms with Crippen molar-refractivity contribution in [2.45, 2.75) is 0 Å². The van der Waals surface area contributed by atoms with Crippen LogP contribution in [0.15, 0.2) is 215 Å². The standard InChI is InChI=1S/2C24H19BrO4P2.O2S/c2*25-18-15-16-22(24(17-18)29-31(27)20-11-5-2-6-12-20)21-13-7-8-14-23(21)28-30(26)19-9-3-1-4-10-19;1-3-2/h2*1-17,30-31H;. The van der Waals surface area contributed by atoms with E-state index in [9.17, 15) is 18.3 Å². The zero-order chi connectivity index (χ0) is 46.0. The molecule has 0 spiro atoms. The Bertz CT molecular complexity index is 2770. The summed E-state index contributed by atoms with van der Waals surface area (Å²) in [4.78, 5) is 0. The molecular weight excluding hydrogens is 1050 g/mol. The Morgan fingerprint density at radius 2 is 0.538 bits per heavy atom. The van der Waals surface area contributed by atoms with Crippen molar-refractivity contribution in [1.82, 2.24) is 0 Å². The monoisotopic (exact) mass is 1090 g/mol. The molecule has 0 bridgehead atoms. The number of halogens is 2. The smallest absolute Gasteiger partial charge is 0.335 e. The number of hydrogen-bond donors (Lipinski definition) is 0. The highest BCUT2D eigenvalue weighted by Gasteiger charge is 2.19. The normalized spacial score (nSPS) is 12.3. The first kappa shape index (κ1) is 49.1. The molecule has 65 heavy (non-hydrogen) atoms. The van der Waals surface area contributed by atoms with Crippen LogP contribution in [0.1, 0.15) is 0 Å². The third kappa shape index (κ3) is 14.3. The van der Waals surface area contributed by atoms with E-state index < -0.39 is 43.7 Å². The van der Waals surface area contributed by atoms with Crippen LogP contribution >= 0.6 is 64.0 Å². The molecule has 0 amide bonds. The van der Waals surface area contributed by atoms with Gasteiger partial charge in [-0.25, -0.2) is 0 Å². The molecule has 0 saturated carbocycles. The maximum Gasteiger partial charge on any atom is 0.335 e. The summed E-state index contributed by atoms with van der Waals surface area (Å²) >= 11 is 6.17. The maximum absolute atomic E-state index is 12.8. The van der Waals surface area contributed by atoms with Gasteiger partial charge in [0.1, 0.15) is 23.0 Å². The van der Waals surface area contributed by atoms with Crippen LogP contribution in [0.4, 0.5) is 0 Å². The first-order chi connectivity index (χ1) is 31.6. The molecule has 0 N–H and O–H groups in total. The quantitative estimate of drug-likeness (QED) is 0.0967. The van der Waals surface area contributed by atoms with Gasteiger partial charge in [0.2, 0.25) is 0 Å². The first-order valence-electron chi connectivity index (χ1n) is 19.4. The van der Waals surface area contributed by atoms with Crippen LogP contribution in [-0.4, -0.2) is 8.42 Å². The van der Waals surface area contributed by atoms with Crippen LogP contribution in [0, 0.1) is 0 Å². The Hall–Kier alpha value is -5.34.